The number of hydrogen-bond acceptors (Lipinski definition) is 3. The molecular formula is C16H20Cl2N4O. The van der Waals surface area contributed by atoms with Gasteiger partial charge in [0.15, 0.2) is 0 Å². The molecule has 1 atom stereocenters. The number of aromatic nitrogens is 2. The van der Waals surface area contributed by atoms with Crippen LogP contribution in [0.25, 0.3) is 0 Å². The Bertz CT molecular complexity index is 646. The van der Waals surface area contributed by atoms with E-state index in [-0.39, 0.29) is 11.9 Å². The van der Waals surface area contributed by atoms with Gasteiger partial charge in [-0.3, -0.25) is 14.4 Å². The van der Waals surface area contributed by atoms with E-state index in [1.165, 1.54) is 0 Å². The number of benzene rings is 1. The van der Waals surface area contributed by atoms with Gasteiger partial charge >= 0.3 is 0 Å². The molecule has 0 saturated heterocycles. The van der Waals surface area contributed by atoms with E-state index < -0.39 is 0 Å². The highest BCUT2D eigenvalue weighted by atomic mass is 35.5. The molecule has 0 radical (unpaired) electrons. The lowest BCUT2D eigenvalue weighted by atomic mass is 10.1. The summed E-state index contributed by atoms with van der Waals surface area (Å²) < 4.78 is 1.84. The number of halogens is 2. The molecule has 0 fully saturated rings. The molecule has 5 nitrogen and oxygen atoms in total. The van der Waals surface area contributed by atoms with Gasteiger partial charge in [-0.05, 0) is 37.7 Å². The first-order chi connectivity index (χ1) is 11.0. The number of hydrogen-bond donors (Lipinski definition) is 1. The van der Waals surface area contributed by atoms with Gasteiger partial charge in [0, 0.05) is 29.0 Å². The van der Waals surface area contributed by atoms with Crippen LogP contribution in [0.15, 0.2) is 36.7 Å². The first kappa shape index (κ1) is 17.8. The van der Waals surface area contributed by atoms with Crippen LogP contribution in [0.3, 0.4) is 0 Å². The molecule has 1 aromatic carbocycles. The van der Waals surface area contributed by atoms with Crippen LogP contribution in [0, 0.1) is 0 Å². The zero-order valence-corrected chi connectivity index (χ0v) is 14.7. The van der Waals surface area contributed by atoms with Gasteiger partial charge in [0.25, 0.3) is 0 Å². The number of rotatable bonds is 7. The normalized spacial score (nSPS) is 12.4. The largest absolute Gasteiger partial charge is 0.348 e. The second kappa shape index (κ2) is 8.34. The quantitative estimate of drug-likeness (QED) is 0.831. The van der Waals surface area contributed by atoms with Crippen molar-refractivity contribution in [1.29, 1.82) is 0 Å². The summed E-state index contributed by atoms with van der Waals surface area (Å²) in [4.78, 5) is 14.1. The lowest BCUT2D eigenvalue weighted by Crippen LogP contribution is -2.37. The van der Waals surface area contributed by atoms with Crippen molar-refractivity contribution in [2.75, 3.05) is 20.1 Å². The standard InChI is InChI=1S/C16H20Cl2N4O/c1-12(14-5-4-13(17)10-15(14)18)20-16(23)11-21(2)8-9-22-7-3-6-19-22/h3-7,10,12H,8-9,11H2,1-2H3,(H,20,23)/t12-/m1/s1. The van der Waals surface area contributed by atoms with E-state index in [1.54, 1.807) is 18.3 Å². The molecule has 1 amide bonds. The van der Waals surface area contributed by atoms with E-state index in [1.807, 2.05) is 41.9 Å². The van der Waals surface area contributed by atoms with Crippen molar-refractivity contribution in [3.63, 3.8) is 0 Å². The third kappa shape index (κ3) is 5.53. The molecule has 1 heterocycles. The monoisotopic (exact) mass is 354 g/mol. The van der Waals surface area contributed by atoms with Crippen molar-refractivity contribution in [2.24, 2.45) is 0 Å². The zero-order valence-electron chi connectivity index (χ0n) is 13.2. The van der Waals surface area contributed by atoms with Gasteiger partial charge in [0.05, 0.1) is 19.1 Å². The Hall–Kier alpha value is -1.56. The summed E-state index contributed by atoms with van der Waals surface area (Å²) in [5.74, 6) is -0.0496. The van der Waals surface area contributed by atoms with Crippen LogP contribution in [0.4, 0.5) is 0 Å². The molecule has 1 N–H and O–H groups in total. The molecule has 0 bridgehead atoms. The molecule has 0 saturated carbocycles. The molecule has 2 rings (SSSR count). The molecule has 0 spiro atoms. The van der Waals surface area contributed by atoms with E-state index in [0.717, 1.165) is 18.7 Å². The topological polar surface area (TPSA) is 50.2 Å². The third-order valence-corrected chi connectivity index (χ3v) is 4.05. The zero-order chi connectivity index (χ0) is 16.8. The predicted octanol–water partition coefficient (Wildman–Crippen LogP) is 3.00. The van der Waals surface area contributed by atoms with Gasteiger partial charge in [-0.2, -0.15) is 5.10 Å². The molecule has 2 aromatic rings. The van der Waals surface area contributed by atoms with Crippen molar-refractivity contribution < 1.29 is 4.79 Å². The Morgan fingerprint density at radius 3 is 2.87 bits per heavy atom. The molecule has 0 aliphatic heterocycles. The fourth-order valence-corrected chi connectivity index (χ4v) is 2.82. The Morgan fingerprint density at radius 2 is 2.22 bits per heavy atom. The lowest BCUT2D eigenvalue weighted by Gasteiger charge is -2.20. The maximum atomic E-state index is 12.1. The van der Waals surface area contributed by atoms with Crippen LogP contribution in [0.1, 0.15) is 18.5 Å². The second-order valence-electron chi connectivity index (χ2n) is 5.46. The second-order valence-corrected chi connectivity index (χ2v) is 6.31. The summed E-state index contributed by atoms with van der Waals surface area (Å²) in [5, 5.41) is 8.22. The van der Waals surface area contributed by atoms with Gasteiger partial charge in [0.1, 0.15) is 0 Å². The Balaban J connectivity index is 1.81. The van der Waals surface area contributed by atoms with Crippen LogP contribution in [-0.4, -0.2) is 40.7 Å². The van der Waals surface area contributed by atoms with Crippen LogP contribution in [0.5, 0.6) is 0 Å². The van der Waals surface area contributed by atoms with E-state index in [0.29, 0.717) is 16.6 Å². The Morgan fingerprint density at radius 1 is 1.43 bits per heavy atom. The minimum Gasteiger partial charge on any atom is -0.348 e. The van der Waals surface area contributed by atoms with E-state index in [2.05, 4.69) is 10.4 Å². The summed E-state index contributed by atoms with van der Waals surface area (Å²) in [6.45, 7) is 3.70. The predicted molar refractivity (Wildman–Crippen MR) is 92.7 cm³/mol. The Labute approximate surface area is 146 Å². The fourth-order valence-electron chi connectivity index (χ4n) is 2.25. The third-order valence-electron chi connectivity index (χ3n) is 3.49. The Kier molecular flexibility index (Phi) is 6.45. The highest BCUT2D eigenvalue weighted by Crippen LogP contribution is 2.25. The van der Waals surface area contributed by atoms with Crippen molar-refractivity contribution in [2.45, 2.75) is 19.5 Å². The maximum absolute atomic E-state index is 12.1. The summed E-state index contributed by atoms with van der Waals surface area (Å²) in [7, 11) is 1.91. The number of likely N-dealkylation sites (N-methyl/N-ethyl adjacent to an activating group) is 1. The smallest absolute Gasteiger partial charge is 0.234 e. The average molecular weight is 355 g/mol. The fraction of sp³-hybridized carbons (Fsp3) is 0.375. The van der Waals surface area contributed by atoms with Gasteiger partial charge in [-0.1, -0.05) is 29.3 Å². The number of carbonyl (C=O) groups is 1. The number of amides is 1. The molecule has 1 aromatic heterocycles. The van der Waals surface area contributed by atoms with Gasteiger partial charge in [-0.15, -0.1) is 0 Å². The summed E-state index contributed by atoms with van der Waals surface area (Å²) >= 11 is 12.1. The highest BCUT2D eigenvalue weighted by molar-refractivity contribution is 6.35. The van der Waals surface area contributed by atoms with Crippen LogP contribution < -0.4 is 5.32 Å². The molecule has 124 valence electrons. The molecule has 0 aliphatic rings. The van der Waals surface area contributed by atoms with E-state index >= 15 is 0 Å². The first-order valence-electron chi connectivity index (χ1n) is 7.36. The summed E-state index contributed by atoms with van der Waals surface area (Å²) in [6.07, 6.45) is 3.64. The molecule has 0 unspecified atom stereocenters. The van der Waals surface area contributed by atoms with Crippen LogP contribution in [-0.2, 0) is 11.3 Å². The summed E-state index contributed by atoms with van der Waals surface area (Å²) in [5.41, 5.74) is 0.851. The minimum atomic E-state index is -0.174. The molecular weight excluding hydrogens is 335 g/mol. The SMILES string of the molecule is C[C@@H](NC(=O)CN(C)CCn1cccn1)c1ccc(Cl)cc1Cl. The lowest BCUT2D eigenvalue weighted by molar-refractivity contribution is -0.122. The van der Waals surface area contributed by atoms with Crippen molar-refractivity contribution >= 4 is 29.1 Å². The highest BCUT2D eigenvalue weighted by Gasteiger charge is 2.14. The van der Waals surface area contributed by atoms with Crippen molar-refractivity contribution in [3.05, 3.63) is 52.3 Å². The van der Waals surface area contributed by atoms with Gasteiger partial charge < -0.3 is 5.32 Å². The van der Waals surface area contributed by atoms with Crippen LogP contribution in [0.2, 0.25) is 10.0 Å². The first-order valence-corrected chi connectivity index (χ1v) is 8.11. The molecule has 0 aliphatic carbocycles. The van der Waals surface area contributed by atoms with Crippen molar-refractivity contribution in [3.8, 4) is 0 Å². The van der Waals surface area contributed by atoms with E-state index in [9.17, 15) is 4.79 Å². The van der Waals surface area contributed by atoms with Gasteiger partial charge in [-0.25, -0.2) is 0 Å². The van der Waals surface area contributed by atoms with Gasteiger partial charge in [0.2, 0.25) is 5.91 Å². The number of nitrogens with one attached hydrogen (secondary N) is 1. The number of nitrogens with zero attached hydrogens (tertiary/aromatic N) is 3. The average Bonchev–Trinajstić information content (AvgIpc) is 2.98. The van der Waals surface area contributed by atoms with Crippen LogP contribution >= 0.6 is 23.2 Å². The van der Waals surface area contributed by atoms with Crippen molar-refractivity contribution in [1.82, 2.24) is 20.0 Å². The maximum Gasteiger partial charge on any atom is 0.234 e. The van der Waals surface area contributed by atoms with E-state index in [4.69, 9.17) is 23.2 Å². The summed E-state index contributed by atoms with van der Waals surface area (Å²) in [6, 6.07) is 6.98. The number of carbonyl (C=O) groups excluding carboxylic acids is 1. The molecule has 7 heteroatoms. The minimum absolute atomic E-state index is 0.0496. The molecule has 23 heavy (non-hydrogen) atoms.